The zero-order valence-electron chi connectivity index (χ0n) is 15.5. The van der Waals surface area contributed by atoms with Gasteiger partial charge >= 0.3 is 6.36 Å². The van der Waals surface area contributed by atoms with Crippen molar-refractivity contribution in [2.45, 2.75) is 38.0 Å². The van der Waals surface area contributed by atoms with Crippen molar-refractivity contribution in [2.75, 3.05) is 0 Å². The molecule has 12 heteroatoms. The summed E-state index contributed by atoms with van der Waals surface area (Å²) in [6.07, 6.45) is -2.93. The smallest absolute Gasteiger partial charge is 0.406 e. The van der Waals surface area contributed by atoms with E-state index in [-0.39, 0.29) is 17.8 Å². The van der Waals surface area contributed by atoms with Crippen molar-refractivity contribution in [1.82, 2.24) is 25.9 Å². The van der Waals surface area contributed by atoms with Crippen molar-refractivity contribution in [1.29, 1.82) is 0 Å². The second-order valence-electron chi connectivity index (χ2n) is 6.49. The van der Waals surface area contributed by atoms with E-state index in [1.807, 2.05) is 0 Å². The topological polar surface area (TPSA) is 105 Å². The number of benzene rings is 1. The van der Waals surface area contributed by atoms with E-state index in [0.29, 0.717) is 6.07 Å². The molecule has 1 aromatic heterocycles. The molecular weight excluding hydrogens is 410 g/mol. The van der Waals surface area contributed by atoms with Crippen molar-refractivity contribution in [3.05, 3.63) is 53.9 Å². The lowest BCUT2D eigenvalue weighted by molar-refractivity contribution is -0.274. The number of halogens is 4. The molecule has 2 amide bonds. The summed E-state index contributed by atoms with van der Waals surface area (Å²) >= 11 is 0. The van der Waals surface area contributed by atoms with Crippen LogP contribution in [0.4, 0.5) is 17.6 Å². The van der Waals surface area contributed by atoms with Crippen LogP contribution in [0.2, 0.25) is 0 Å². The van der Waals surface area contributed by atoms with Gasteiger partial charge in [-0.05, 0) is 19.1 Å². The fraction of sp³-hybridized carbons (Fsp3) is 0.333. The number of alkyl halides is 3. The van der Waals surface area contributed by atoms with Crippen molar-refractivity contribution in [3.8, 4) is 5.75 Å². The number of amides is 2. The van der Waals surface area contributed by atoms with Crippen LogP contribution in [-0.2, 0) is 9.59 Å². The lowest BCUT2D eigenvalue weighted by atomic mass is 10.0. The highest BCUT2D eigenvalue weighted by atomic mass is 19.4. The molecule has 1 aliphatic heterocycles. The van der Waals surface area contributed by atoms with Crippen LogP contribution in [-0.4, -0.2) is 34.2 Å². The summed E-state index contributed by atoms with van der Waals surface area (Å²) in [5.41, 5.74) is -0.0407. The molecule has 160 valence electrons. The second-order valence-corrected chi connectivity index (χ2v) is 6.49. The Morgan fingerprint density at radius 3 is 2.63 bits per heavy atom. The molecule has 0 radical (unpaired) electrons. The van der Waals surface area contributed by atoms with Crippen LogP contribution in [0.1, 0.15) is 36.9 Å². The van der Waals surface area contributed by atoms with Gasteiger partial charge in [0.15, 0.2) is 5.82 Å². The van der Waals surface area contributed by atoms with Gasteiger partial charge in [0.05, 0.1) is 18.5 Å². The van der Waals surface area contributed by atoms with Gasteiger partial charge in [-0.1, -0.05) is 6.07 Å². The Morgan fingerprint density at radius 1 is 1.30 bits per heavy atom. The minimum Gasteiger partial charge on any atom is -0.406 e. The Labute approximate surface area is 168 Å². The summed E-state index contributed by atoms with van der Waals surface area (Å²) in [5, 5.41) is 8.06. The third-order valence-corrected chi connectivity index (χ3v) is 4.25. The Hall–Kier alpha value is -3.28. The number of carbonyl (C=O) groups excluding carboxylic acids is 2. The van der Waals surface area contributed by atoms with Crippen molar-refractivity contribution >= 4 is 11.8 Å². The van der Waals surface area contributed by atoms with Crippen LogP contribution in [0.5, 0.6) is 5.75 Å². The quantitative estimate of drug-likeness (QED) is 0.630. The number of hydrogen-bond acceptors (Lipinski definition) is 6. The van der Waals surface area contributed by atoms with Gasteiger partial charge in [0.25, 0.3) is 0 Å². The Bertz CT molecular complexity index is 926. The van der Waals surface area contributed by atoms with Gasteiger partial charge in [-0.15, -0.1) is 13.2 Å². The van der Waals surface area contributed by atoms with Crippen molar-refractivity contribution in [2.24, 2.45) is 0 Å². The molecule has 2 heterocycles. The first-order valence-corrected chi connectivity index (χ1v) is 8.80. The van der Waals surface area contributed by atoms with E-state index in [9.17, 15) is 27.2 Å². The van der Waals surface area contributed by atoms with Crippen LogP contribution >= 0.6 is 0 Å². The molecule has 8 nitrogen and oxygen atoms in total. The average Bonchev–Trinajstić information content (AvgIpc) is 2.67. The first-order chi connectivity index (χ1) is 14.1. The van der Waals surface area contributed by atoms with Crippen LogP contribution in [0, 0.1) is 5.82 Å². The highest BCUT2D eigenvalue weighted by molar-refractivity contribution is 5.89. The Kier molecular flexibility index (Phi) is 6.15. The monoisotopic (exact) mass is 427 g/mol. The highest BCUT2D eigenvalue weighted by Gasteiger charge is 2.34. The maximum absolute atomic E-state index is 14.2. The summed E-state index contributed by atoms with van der Waals surface area (Å²) < 4.78 is 54.6. The van der Waals surface area contributed by atoms with Crippen LogP contribution in [0.3, 0.4) is 0 Å². The molecule has 0 spiro atoms. The lowest BCUT2D eigenvalue weighted by Gasteiger charge is -2.30. The van der Waals surface area contributed by atoms with Gasteiger partial charge in [-0.25, -0.2) is 14.4 Å². The molecule has 0 saturated carbocycles. The SMILES string of the molecule is C[C@@H](NC(=O)C1CC(=O)NC(c2ncccn2)N1)c1ccc(OC(F)(F)F)cc1F. The fourth-order valence-electron chi connectivity index (χ4n) is 2.92. The molecule has 1 aromatic carbocycles. The summed E-state index contributed by atoms with van der Waals surface area (Å²) in [6, 6.07) is 2.40. The highest BCUT2D eigenvalue weighted by Crippen LogP contribution is 2.27. The standard InChI is InChI=1S/C18H17F4N5O3/c1-9(11-4-3-10(7-12(11)19)30-18(20,21)22)25-17(29)13-8-14(28)27-16(26-13)15-23-5-2-6-24-15/h2-7,9,13,16,26H,8H2,1H3,(H,25,29)(H,27,28)/t9-,13?,16?/m1/s1. The third-order valence-electron chi connectivity index (χ3n) is 4.25. The van der Waals surface area contributed by atoms with Crippen molar-refractivity contribution < 1.29 is 31.9 Å². The number of nitrogens with one attached hydrogen (secondary N) is 3. The minimum atomic E-state index is -4.94. The van der Waals surface area contributed by atoms with Gasteiger partial charge in [-0.3, -0.25) is 14.9 Å². The first kappa shape index (κ1) is 21.4. The molecule has 1 saturated heterocycles. The van der Waals surface area contributed by atoms with E-state index in [1.165, 1.54) is 19.3 Å². The predicted octanol–water partition coefficient (Wildman–Crippen LogP) is 1.87. The molecule has 1 aliphatic rings. The number of carbonyl (C=O) groups is 2. The first-order valence-electron chi connectivity index (χ1n) is 8.80. The van der Waals surface area contributed by atoms with Gasteiger partial charge < -0.3 is 15.4 Å². The summed E-state index contributed by atoms with van der Waals surface area (Å²) in [6.45, 7) is 1.46. The van der Waals surface area contributed by atoms with Crippen molar-refractivity contribution in [3.63, 3.8) is 0 Å². The third kappa shape index (κ3) is 5.41. The maximum Gasteiger partial charge on any atom is 0.573 e. The molecular formula is C18H17F4N5O3. The van der Waals surface area contributed by atoms with E-state index in [0.717, 1.165) is 12.1 Å². The summed E-state index contributed by atoms with van der Waals surface area (Å²) in [7, 11) is 0. The van der Waals surface area contributed by atoms with Gasteiger partial charge in [0, 0.05) is 24.0 Å². The van der Waals surface area contributed by atoms with Gasteiger partial charge in [0.1, 0.15) is 17.7 Å². The lowest BCUT2D eigenvalue weighted by Crippen LogP contribution is -2.56. The van der Waals surface area contributed by atoms with E-state index in [2.05, 4.69) is 30.7 Å². The molecule has 3 atom stereocenters. The van der Waals surface area contributed by atoms with Crippen LogP contribution < -0.4 is 20.7 Å². The minimum absolute atomic E-state index is 0.0407. The molecule has 3 rings (SSSR count). The fourth-order valence-corrected chi connectivity index (χ4v) is 2.92. The molecule has 3 N–H and O–H groups in total. The Morgan fingerprint density at radius 2 is 2.00 bits per heavy atom. The largest absolute Gasteiger partial charge is 0.573 e. The van der Waals surface area contributed by atoms with E-state index in [4.69, 9.17) is 0 Å². The Balaban J connectivity index is 1.67. The zero-order chi connectivity index (χ0) is 21.9. The summed E-state index contributed by atoms with van der Waals surface area (Å²) in [5.74, 6) is -2.41. The predicted molar refractivity (Wildman–Crippen MR) is 94.1 cm³/mol. The maximum atomic E-state index is 14.2. The van der Waals surface area contributed by atoms with Gasteiger partial charge in [-0.2, -0.15) is 0 Å². The van der Waals surface area contributed by atoms with Crippen LogP contribution in [0.15, 0.2) is 36.7 Å². The summed E-state index contributed by atoms with van der Waals surface area (Å²) in [4.78, 5) is 32.6. The normalized spacial score (nSPS) is 20.2. The number of ether oxygens (including phenoxy) is 1. The molecule has 30 heavy (non-hydrogen) atoms. The number of rotatable bonds is 5. The molecule has 1 fully saturated rings. The van der Waals surface area contributed by atoms with Crippen LogP contribution in [0.25, 0.3) is 0 Å². The second kappa shape index (κ2) is 8.61. The molecule has 0 bridgehead atoms. The zero-order valence-corrected chi connectivity index (χ0v) is 15.5. The number of nitrogens with zero attached hydrogens (tertiary/aromatic N) is 2. The number of aromatic nitrogens is 2. The van der Waals surface area contributed by atoms with E-state index in [1.54, 1.807) is 6.07 Å². The molecule has 0 aliphatic carbocycles. The molecule has 2 aromatic rings. The molecule has 2 unspecified atom stereocenters. The van der Waals surface area contributed by atoms with E-state index < -0.39 is 48.0 Å². The van der Waals surface area contributed by atoms with E-state index >= 15 is 0 Å². The van der Waals surface area contributed by atoms with Gasteiger partial charge in [0.2, 0.25) is 11.8 Å². The number of hydrogen-bond donors (Lipinski definition) is 3. The average molecular weight is 427 g/mol.